The van der Waals surface area contributed by atoms with Gasteiger partial charge in [-0.3, -0.25) is 15.1 Å². The molecule has 2 unspecified atom stereocenters. The van der Waals surface area contributed by atoms with Crippen LogP contribution in [0.3, 0.4) is 0 Å². The van der Waals surface area contributed by atoms with Crippen LogP contribution >= 0.6 is 12.2 Å². The fourth-order valence-corrected chi connectivity index (χ4v) is 4.76. The lowest BCUT2D eigenvalue weighted by atomic mass is 10.0. The van der Waals surface area contributed by atoms with Gasteiger partial charge in [-0.2, -0.15) is 0 Å². The second kappa shape index (κ2) is 9.55. The number of rotatable bonds is 7. The van der Waals surface area contributed by atoms with E-state index in [9.17, 15) is 10.1 Å². The Morgan fingerprint density at radius 1 is 1.09 bits per heavy atom. The van der Waals surface area contributed by atoms with Crippen molar-refractivity contribution in [2.75, 3.05) is 7.11 Å². The third-order valence-corrected chi connectivity index (χ3v) is 6.46. The highest BCUT2D eigenvalue weighted by molar-refractivity contribution is 7.80. The standard InChI is InChI=1S/C26H23N5O3S/c1-34-21-12-10-18(11-13-21)17-30-25(24(28-26(30)35)22-8-2-3-14-27-22)23-9-5-15-29(23)19-6-4-7-20(16-19)31(32)33/h2-16,24-25H,17H2,1H3,(H,28,35). The minimum absolute atomic E-state index is 0.0404. The number of thiocarbonyl (C=S) groups is 1. The largest absolute Gasteiger partial charge is 0.497 e. The van der Waals surface area contributed by atoms with Crippen molar-refractivity contribution in [2.24, 2.45) is 0 Å². The normalized spacial score (nSPS) is 17.3. The van der Waals surface area contributed by atoms with E-state index in [-0.39, 0.29) is 22.7 Å². The van der Waals surface area contributed by atoms with Crippen LogP contribution in [0.4, 0.5) is 5.69 Å². The molecule has 4 aromatic rings. The number of benzene rings is 2. The number of hydrogen-bond donors (Lipinski definition) is 1. The molecule has 1 fully saturated rings. The van der Waals surface area contributed by atoms with E-state index in [4.69, 9.17) is 17.0 Å². The SMILES string of the molecule is COc1ccc(CN2C(=S)NC(c3ccccn3)C2c2cccn2-c2cccc([N+](=O)[O-])c2)cc1. The maximum Gasteiger partial charge on any atom is 0.271 e. The summed E-state index contributed by atoms with van der Waals surface area (Å²) in [5, 5.41) is 15.5. The van der Waals surface area contributed by atoms with Crippen LogP contribution in [0.1, 0.15) is 29.0 Å². The number of nitro groups is 1. The predicted octanol–water partition coefficient (Wildman–Crippen LogP) is 4.96. The molecule has 1 saturated heterocycles. The van der Waals surface area contributed by atoms with Gasteiger partial charge in [-0.25, -0.2) is 0 Å². The molecule has 9 heteroatoms. The van der Waals surface area contributed by atoms with E-state index in [1.54, 1.807) is 25.4 Å². The summed E-state index contributed by atoms with van der Waals surface area (Å²) in [5.74, 6) is 0.790. The molecule has 2 aromatic carbocycles. The molecular formula is C26H23N5O3S. The summed E-state index contributed by atoms with van der Waals surface area (Å²) in [6, 6.07) is 23.9. The van der Waals surface area contributed by atoms with Gasteiger partial charge in [-0.05, 0) is 60.2 Å². The number of hydrogen-bond acceptors (Lipinski definition) is 5. The molecule has 1 aliphatic heterocycles. The van der Waals surface area contributed by atoms with Crippen molar-refractivity contribution < 1.29 is 9.66 Å². The van der Waals surface area contributed by atoms with E-state index in [1.165, 1.54) is 6.07 Å². The number of nitro benzene ring substituents is 1. The Morgan fingerprint density at radius 2 is 1.91 bits per heavy atom. The van der Waals surface area contributed by atoms with E-state index in [2.05, 4.69) is 15.2 Å². The predicted molar refractivity (Wildman–Crippen MR) is 136 cm³/mol. The van der Waals surface area contributed by atoms with Crippen LogP contribution in [0.25, 0.3) is 5.69 Å². The van der Waals surface area contributed by atoms with E-state index < -0.39 is 0 Å². The lowest BCUT2D eigenvalue weighted by Gasteiger charge is -2.29. The average Bonchev–Trinajstić information content (AvgIpc) is 3.49. The molecule has 35 heavy (non-hydrogen) atoms. The summed E-state index contributed by atoms with van der Waals surface area (Å²) in [6.07, 6.45) is 3.68. The van der Waals surface area contributed by atoms with Gasteiger partial charge in [0.2, 0.25) is 0 Å². The Labute approximate surface area is 207 Å². The minimum atomic E-state index is -0.383. The number of pyridine rings is 1. The number of nitrogens with zero attached hydrogens (tertiary/aromatic N) is 4. The number of nitrogens with one attached hydrogen (secondary N) is 1. The van der Waals surface area contributed by atoms with E-state index in [0.717, 1.165) is 22.7 Å². The number of ether oxygens (including phenoxy) is 1. The van der Waals surface area contributed by atoms with Gasteiger partial charge in [0, 0.05) is 36.8 Å². The molecular weight excluding hydrogens is 462 g/mol. The zero-order valence-corrected chi connectivity index (χ0v) is 19.8. The molecule has 0 radical (unpaired) electrons. The third-order valence-electron chi connectivity index (χ3n) is 6.11. The first-order valence-electron chi connectivity index (χ1n) is 11.1. The van der Waals surface area contributed by atoms with Crippen molar-refractivity contribution in [1.82, 2.24) is 19.8 Å². The maximum absolute atomic E-state index is 11.4. The first kappa shape index (κ1) is 22.5. The summed E-state index contributed by atoms with van der Waals surface area (Å²) >= 11 is 5.80. The maximum atomic E-state index is 11.4. The molecule has 176 valence electrons. The summed E-state index contributed by atoms with van der Waals surface area (Å²) in [5.41, 5.74) is 3.64. The quantitative estimate of drug-likeness (QED) is 0.225. The molecule has 1 N–H and O–H groups in total. The van der Waals surface area contributed by atoms with E-state index >= 15 is 0 Å². The zero-order chi connectivity index (χ0) is 24.4. The summed E-state index contributed by atoms with van der Waals surface area (Å²) in [4.78, 5) is 17.7. The highest BCUT2D eigenvalue weighted by Crippen LogP contribution is 2.40. The summed E-state index contributed by atoms with van der Waals surface area (Å²) < 4.78 is 7.27. The molecule has 1 aliphatic rings. The Balaban J connectivity index is 1.58. The Hall–Kier alpha value is -4.24. The molecule has 0 spiro atoms. The highest BCUT2D eigenvalue weighted by Gasteiger charge is 2.41. The van der Waals surface area contributed by atoms with Crippen LogP contribution in [0.2, 0.25) is 0 Å². The smallest absolute Gasteiger partial charge is 0.271 e. The van der Waals surface area contributed by atoms with Gasteiger partial charge in [-0.15, -0.1) is 0 Å². The van der Waals surface area contributed by atoms with E-state index in [0.29, 0.717) is 17.3 Å². The number of non-ortho nitro benzene ring substituents is 1. The topological polar surface area (TPSA) is 85.5 Å². The van der Waals surface area contributed by atoms with Crippen molar-refractivity contribution in [1.29, 1.82) is 0 Å². The minimum Gasteiger partial charge on any atom is -0.497 e. The first-order chi connectivity index (χ1) is 17.0. The van der Waals surface area contributed by atoms with Crippen LogP contribution in [0.15, 0.2) is 91.3 Å². The third kappa shape index (κ3) is 4.45. The summed E-state index contributed by atoms with van der Waals surface area (Å²) in [7, 11) is 1.64. The zero-order valence-electron chi connectivity index (χ0n) is 18.9. The van der Waals surface area contributed by atoms with Gasteiger partial charge in [0.1, 0.15) is 5.75 Å². The van der Waals surface area contributed by atoms with Gasteiger partial charge in [0.05, 0.1) is 35.5 Å². The van der Waals surface area contributed by atoms with Gasteiger partial charge >= 0.3 is 0 Å². The first-order valence-corrected chi connectivity index (χ1v) is 11.5. The van der Waals surface area contributed by atoms with Crippen molar-refractivity contribution in [2.45, 2.75) is 18.6 Å². The lowest BCUT2D eigenvalue weighted by molar-refractivity contribution is -0.384. The molecule has 0 bridgehead atoms. The summed E-state index contributed by atoms with van der Waals surface area (Å²) in [6.45, 7) is 0.573. The molecule has 2 aromatic heterocycles. The second-order valence-corrected chi connectivity index (χ2v) is 8.57. The van der Waals surface area contributed by atoms with Gasteiger partial charge in [0.25, 0.3) is 5.69 Å². The van der Waals surface area contributed by atoms with Crippen molar-refractivity contribution in [3.8, 4) is 11.4 Å². The van der Waals surface area contributed by atoms with E-state index in [1.807, 2.05) is 71.4 Å². The van der Waals surface area contributed by atoms with Crippen molar-refractivity contribution in [3.63, 3.8) is 0 Å². The van der Waals surface area contributed by atoms with Gasteiger partial charge in [0.15, 0.2) is 5.11 Å². The molecule has 3 heterocycles. The highest BCUT2D eigenvalue weighted by atomic mass is 32.1. The molecule has 8 nitrogen and oxygen atoms in total. The van der Waals surface area contributed by atoms with Crippen molar-refractivity contribution >= 4 is 23.0 Å². The van der Waals surface area contributed by atoms with Crippen LogP contribution < -0.4 is 10.1 Å². The fraction of sp³-hybridized carbons (Fsp3) is 0.154. The average molecular weight is 486 g/mol. The lowest BCUT2D eigenvalue weighted by Crippen LogP contribution is -2.30. The van der Waals surface area contributed by atoms with Crippen molar-refractivity contribution in [3.05, 3.63) is 118 Å². The molecule has 2 atom stereocenters. The van der Waals surface area contributed by atoms with Gasteiger partial charge in [-0.1, -0.05) is 24.3 Å². The van der Waals surface area contributed by atoms with Crippen LogP contribution in [0.5, 0.6) is 5.75 Å². The molecule has 0 amide bonds. The fourth-order valence-electron chi connectivity index (χ4n) is 4.45. The van der Waals surface area contributed by atoms with Crippen LogP contribution in [0, 0.1) is 10.1 Å². The van der Waals surface area contributed by atoms with Gasteiger partial charge < -0.3 is 19.5 Å². The molecule has 5 rings (SSSR count). The Kier molecular flexibility index (Phi) is 6.15. The number of aromatic nitrogens is 2. The van der Waals surface area contributed by atoms with Crippen LogP contribution in [-0.4, -0.2) is 31.6 Å². The monoisotopic (exact) mass is 485 g/mol. The molecule has 0 aliphatic carbocycles. The van der Waals surface area contributed by atoms with Crippen LogP contribution in [-0.2, 0) is 6.54 Å². The Bertz CT molecular complexity index is 1360. The second-order valence-electron chi connectivity index (χ2n) is 8.18. The number of methoxy groups -OCH3 is 1. The Morgan fingerprint density at radius 3 is 2.63 bits per heavy atom. The molecule has 0 saturated carbocycles.